The first-order valence-electron chi connectivity index (χ1n) is 5.75. The number of thioether (sulfide) groups is 1. The molecule has 3 nitrogen and oxygen atoms in total. The Labute approximate surface area is 104 Å². The lowest BCUT2D eigenvalue weighted by atomic mass is 10.0. The summed E-state index contributed by atoms with van der Waals surface area (Å²) in [5.41, 5.74) is 7.16. The Hall–Kier alpha value is -0.100. The van der Waals surface area contributed by atoms with Crippen molar-refractivity contribution in [3.8, 4) is 0 Å². The molecule has 16 heavy (non-hydrogen) atoms. The van der Waals surface area contributed by atoms with Crippen LogP contribution in [0.2, 0.25) is 0 Å². The second-order valence-corrected chi connectivity index (χ2v) is 6.62. The molecule has 3 rings (SSSR count). The van der Waals surface area contributed by atoms with Crippen molar-refractivity contribution in [2.75, 3.05) is 19.0 Å². The third-order valence-corrected chi connectivity index (χ3v) is 5.76. The molecular formula is C11H16N2OS2. The molecule has 2 N–H and O–H groups in total. The summed E-state index contributed by atoms with van der Waals surface area (Å²) in [6, 6.07) is 0.131. The van der Waals surface area contributed by atoms with E-state index in [9.17, 15) is 0 Å². The molecule has 3 unspecified atom stereocenters. The molecule has 3 atom stereocenters. The number of thiazole rings is 1. The van der Waals surface area contributed by atoms with Gasteiger partial charge in [0.2, 0.25) is 0 Å². The second-order valence-electron chi connectivity index (χ2n) is 4.42. The van der Waals surface area contributed by atoms with Gasteiger partial charge in [0.1, 0.15) is 5.01 Å². The Balaban J connectivity index is 1.76. The van der Waals surface area contributed by atoms with Crippen molar-refractivity contribution in [1.82, 2.24) is 4.98 Å². The van der Waals surface area contributed by atoms with E-state index in [1.54, 1.807) is 11.3 Å². The van der Waals surface area contributed by atoms with Crippen LogP contribution in [0.1, 0.15) is 34.7 Å². The number of aromatic nitrogens is 1. The molecular weight excluding hydrogens is 240 g/mol. The Morgan fingerprint density at radius 2 is 2.38 bits per heavy atom. The maximum atomic E-state index is 6.01. The highest BCUT2D eigenvalue weighted by molar-refractivity contribution is 7.99. The number of hydrogen-bond donors (Lipinski definition) is 1. The number of rotatable bonds is 2. The standard InChI is InChI=1S/C11H16N2OS2/c12-8-5-14-4-7(8)9-6-16-11(13-9)10-2-1-3-15-10/h6-8,10H,1-5,12H2. The van der Waals surface area contributed by atoms with E-state index in [1.807, 2.05) is 11.8 Å². The summed E-state index contributed by atoms with van der Waals surface area (Å²) in [6.45, 7) is 1.41. The van der Waals surface area contributed by atoms with Gasteiger partial charge in [-0.15, -0.1) is 11.3 Å². The van der Waals surface area contributed by atoms with E-state index in [4.69, 9.17) is 15.5 Å². The van der Waals surface area contributed by atoms with Gasteiger partial charge in [0.05, 0.1) is 24.2 Å². The molecule has 1 aromatic rings. The number of nitrogens with two attached hydrogens (primary N) is 1. The van der Waals surface area contributed by atoms with Crippen LogP contribution in [-0.4, -0.2) is 30.0 Å². The van der Waals surface area contributed by atoms with E-state index in [0.29, 0.717) is 17.8 Å². The summed E-state index contributed by atoms with van der Waals surface area (Å²) >= 11 is 3.83. The van der Waals surface area contributed by atoms with E-state index in [-0.39, 0.29) is 6.04 Å². The van der Waals surface area contributed by atoms with E-state index in [2.05, 4.69) is 5.38 Å². The van der Waals surface area contributed by atoms with Gasteiger partial charge in [0, 0.05) is 17.3 Å². The lowest BCUT2D eigenvalue weighted by molar-refractivity contribution is 0.190. The van der Waals surface area contributed by atoms with Gasteiger partial charge in [-0.25, -0.2) is 4.98 Å². The first kappa shape index (κ1) is 11.0. The zero-order chi connectivity index (χ0) is 11.0. The van der Waals surface area contributed by atoms with Crippen LogP contribution in [0.3, 0.4) is 0 Å². The molecule has 2 aliphatic heterocycles. The zero-order valence-electron chi connectivity index (χ0n) is 9.09. The lowest BCUT2D eigenvalue weighted by Crippen LogP contribution is -2.27. The summed E-state index contributed by atoms with van der Waals surface area (Å²) < 4.78 is 5.39. The highest BCUT2D eigenvalue weighted by atomic mass is 32.2. The van der Waals surface area contributed by atoms with Crippen molar-refractivity contribution in [1.29, 1.82) is 0 Å². The van der Waals surface area contributed by atoms with Crippen LogP contribution < -0.4 is 5.73 Å². The molecule has 2 aliphatic rings. The Kier molecular flexibility index (Phi) is 3.20. The third kappa shape index (κ3) is 2.01. The van der Waals surface area contributed by atoms with E-state index in [1.165, 1.54) is 23.6 Å². The third-order valence-electron chi connectivity index (χ3n) is 3.25. The summed E-state index contributed by atoms with van der Waals surface area (Å²) in [6.07, 6.45) is 2.61. The monoisotopic (exact) mass is 256 g/mol. The summed E-state index contributed by atoms with van der Waals surface area (Å²) in [5, 5.41) is 4.10. The molecule has 0 spiro atoms. The fourth-order valence-corrected chi connectivity index (χ4v) is 4.68. The van der Waals surface area contributed by atoms with Crippen molar-refractivity contribution >= 4 is 23.1 Å². The van der Waals surface area contributed by atoms with Crippen LogP contribution in [0.5, 0.6) is 0 Å². The highest BCUT2D eigenvalue weighted by Crippen LogP contribution is 2.41. The SMILES string of the molecule is NC1COCC1c1csc(C2CCCS2)n1. The van der Waals surface area contributed by atoms with Gasteiger partial charge in [-0.05, 0) is 18.6 Å². The number of nitrogens with zero attached hydrogens (tertiary/aromatic N) is 1. The normalized spacial score (nSPS) is 34.7. The molecule has 2 saturated heterocycles. The summed E-state index contributed by atoms with van der Waals surface area (Å²) in [4.78, 5) is 4.76. The fraction of sp³-hybridized carbons (Fsp3) is 0.727. The largest absolute Gasteiger partial charge is 0.379 e. The maximum Gasteiger partial charge on any atom is 0.106 e. The molecule has 2 fully saturated rings. The Bertz CT molecular complexity index is 363. The van der Waals surface area contributed by atoms with Crippen molar-refractivity contribution < 1.29 is 4.74 Å². The van der Waals surface area contributed by atoms with Gasteiger partial charge in [-0.1, -0.05) is 0 Å². The highest BCUT2D eigenvalue weighted by Gasteiger charge is 2.29. The first-order valence-corrected chi connectivity index (χ1v) is 7.67. The molecule has 0 radical (unpaired) electrons. The van der Waals surface area contributed by atoms with Gasteiger partial charge >= 0.3 is 0 Å². The van der Waals surface area contributed by atoms with Crippen LogP contribution in [0.25, 0.3) is 0 Å². The molecule has 0 aromatic carbocycles. The smallest absolute Gasteiger partial charge is 0.106 e. The zero-order valence-corrected chi connectivity index (χ0v) is 10.7. The van der Waals surface area contributed by atoms with Crippen molar-refractivity contribution in [3.63, 3.8) is 0 Å². The van der Waals surface area contributed by atoms with E-state index in [0.717, 1.165) is 12.3 Å². The van der Waals surface area contributed by atoms with Crippen molar-refractivity contribution in [3.05, 3.63) is 16.1 Å². The lowest BCUT2D eigenvalue weighted by Gasteiger charge is -2.09. The maximum absolute atomic E-state index is 6.01. The van der Waals surface area contributed by atoms with Crippen LogP contribution in [0.15, 0.2) is 5.38 Å². The van der Waals surface area contributed by atoms with Crippen LogP contribution in [-0.2, 0) is 4.74 Å². The summed E-state index contributed by atoms with van der Waals surface area (Å²) in [7, 11) is 0. The molecule has 1 aromatic heterocycles. The topological polar surface area (TPSA) is 48.1 Å². The van der Waals surface area contributed by atoms with Crippen molar-refractivity contribution in [2.45, 2.75) is 30.1 Å². The van der Waals surface area contributed by atoms with E-state index < -0.39 is 0 Å². The Morgan fingerprint density at radius 1 is 1.44 bits per heavy atom. The van der Waals surface area contributed by atoms with Crippen LogP contribution in [0, 0.1) is 0 Å². The fourth-order valence-electron chi connectivity index (χ4n) is 2.27. The minimum absolute atomic E-state index is 0.131. The molecule has 3 heterocycles. The van der Waals surface area contributed by atoms with Crippen molar-refractivity contribution in [2.24, 2.45) is 5.73 Å². The molecule has 0 aliphatic carbocycles. The quantitative estimate of drug-likeness (QED) is 0.881. The van der Waals surface area contributed by atoms with Gasteiger partial charge in [-0.2, -0.15) is 11.8 Å². The van der Waals surface area contributed by atoms with E-state index >= 15 is 0 Å². The average molecular weight is 256 g/mol. The summed E-state index contributed by atoms with van der Waals surface area (Å²) in [5.74, 6) is 1.60. The van der Waals surface area contributed by atoms with Gasteiger partial charge in [-0.3, -0.25) is 0 Å². The average Bonchev–Trinajstić information content (AvgIpc) is 2.96. The van der Waals surface area contributed by atoms with Crippen LogP contribution in [0.4, 0.5) is 0 Å². The molecule has 88 valence electrons. The molecule has 5 heteroatoms. The Morgan fingerprint density at radius 3 is 3.06 bits per heavy atom. The molecule has 0 saturated carbocycles. The molecule has 0 bridgehead atoms. The van der Waals surface area contributed by atoms with Crippen LogP contribution >= 0.6 is 23.1 Å². The number of hydrogen-bond acceptors (Lipinski definition) is 5. The second kappa shape index (κ2) is 4.64. The number of ether oxygens (including phenoxy) is 1. The van der Waals surface area contributed by atoms with Gasteiger partial charge in [0.15, 0.2) is 0 Å². The first-order chi connectivity index (χ1) is 7.84. The minimum atomic E-state index is 0.131. The molecule has 0 amide bonds. The predicted octanol–water partition coefficient (Wildman–Crippen LogP) is 2.15. The predicted molar refractivity (Wildman–Crippen MR) is 68.1 cm³/mol. The van der Waals surface area contributed by atoms with Gasteiger partial charge < -0.3 is 10.5 Å². The minimum Gasteiger partial charge on any atom is -0.379 e. The van der Waals surface area contributed by atoms with Gasteiger partial charge in [0.25, 0.3) is 0 Å².